The maximum absolute atomic E-state index is 12.7. The highest BCUT2D eigenvalue weighted by Gasteiger charge is 2.26. The molecule has 3 aromatic rings. The molecule has 0 saturated carbocycles. The van der Waals surface area contributed by atoms with Crippen molar-refractivity contribution in [3.05, 3.63) is 71.2 Å². The van der Waals surface area contributed by atoms with E-state index in [9.17, 15) is 16.8 Å². The molecule has 0 aromatic heterocycles. The number of hydrogen-bond donors (Lipinski definition) is 1. The zero-order valence-electron chi connectivity index (χ0n) is 13.6. The monoisotopic (exact) mass is 454 g/mol. The van der Waals surface area contributed by atoms with Gasteiger partial charge in [0, 0.05) is 11.5 Å². The van der Waals surface area contributed by atoms with E-state index in [1.165, 1.54) is 24.3 Å². The summed E-state index contributed by atoms with van der Waals surface area (Å²) in [4.78, 5) is 2.04. The number of fused-ring (bicyclic) bond motifs is 1. The lowest BCUT2D eigenvalue weighted by molar-refractivity contribution is 0.432. The fourth-order valence-corrected chi connectivity index (χ4v) is 5.09. The molecule has 0 fully saturated rings. The minimum absolute atomic E-state index is 0.00259. The number of nitrogens with zero attached hydrogens (tertiary/aromatic N) is 1. The summed E-state index contributed by atoms with van der Waals surface area (Å²) in [6.07, 6.45) is 0. The Balaban J connectivity index is 1.91. The van der Waals surface area contributed by atoms with Gasteiger partial charge in [-0.1, -0.05) is 46.3 Å². The molecule has 136 valence electrons. The first-order valence-corrected chi connectivity index (χ1v) is 11.2. The first-order valence-electron chi connectivity index (χ1n) is 7.46. The molecule has 1 N–H and O–H groups in total. The summed E-state index contributed by atoms with van der Waals surface area (Å²) >= 11 is 3.22. The Morgan fingerprint density at radius 3 is 2.04 bits per heavy atom. The van der Waals surface area contributed by atoms with Gasteiger partial charge >= 0.3 is 0 Å². The van der Waals surface area contributed by atoms with Crippen LogP contribution in [0.25, 0.3) is 10.8 Å². The van der Waals surface area contributed by atoms with Gasteiger partial charge in [0.25, 0.3) is 20.0 Å². The minimum Gasteiger partial charge on any atom is -0.206 e. The lowest BCUT2D eigenvalue weighted by atomic mass is 10.1. The number of hydrazine groups is 1. The highest BCUT2D eigenvalue weighted by atomic mass is 79.9. The second kappa shape index (κ2) is 7.09. The van der Waals surface area contributed by atoms with E-state index in [0.717, 1.165) is 17.8 Å². The van der Waals surface area contributed by atoms with Gasteiger partial charge in [-0.05, 0) is 47.2 Å². The number of benzene rings is 3. The molecule has 3 rings (SSSR count). The second-order valence-corrected chi connectivity index (χ2v) is 10.1. The Bertz CT molecular complexity index is 1160. The number of sulfonamides is 2. The highest BCUT2D eigenvalue weighted by Crippen LogP contribution is 2.21. The quantitative estimate of drug-likeness (QED) is 0.600. The molecule has 0 aliphatic carbocycles. The molecule has 0 heterocycles. The number of halogens is 1. The Morgan fingerprint density at radius 1 is 0.808 bits per heavy atom. The maximum atomic E-state index is 12.7. The molecule has 0 unspecified atom stereocenters. The predicted octanol–water partition coefficient (Wildman–Crippen LogP) is 3.12. The third kappa shape index (κ3) is 3.81. The minimum atomic E-state index is -4.05. The molecule has 0 radical (unpaired) electrons. The molecule has 0 amide bonds. The predicted molar refractivity (Wildman–Crippen MR) is 103 cm³/mol. The molecule has 0 bridgehead atoms. The van der Waals surface area contributed by atoms with E-state index in [1.807, 2.05) is 12.1 Å². The van der Waals surface area contributed by atoms with Crippen LogP contribution < -0.4 is 4.83 Å². The molecule has 6 nitrogen and oxygen atoms in total. The highest BCUT2D eigenvalue weighted by molar-refractivity contribution is 9.10. The van der Waals surface area contributed by atoms with Gasteiger partial charge in [-0.15, -0.1) is 9.25 Å². The van der Waals surface area contributed by atoms with Crippen LogP contribution in [0.15, 0.2) is 81.0 Å². The lowest BCUT2D eigenvalue weighted by Crippen LogP contribution is -2.43. The van der Waals surface area contributed by atoms with Crippen molar-refractivity contribution in [3.8, 4) is 0 Å². The van der Waals surface area contributed by atoms with Gasteiger partial charge < -0.3 is 0 Å². The number of hydrogen-bond acceptors (Lipinski definition) is 4. The van der Waals surface area contributed by atoms with E-state index in [4.69, 9.17) is 0 Å². The molecule has 3 aromatic carbocycles. The molecule has 0 saturated heterocycles. The van der Waals surface area contributed by atoms with Crippen LogP contribution in [0.5, 0.6) is 0 Å². The first-order chi connectivity index (χ1) is 12.2. The van der Waals surface area contributed by atoms with Crippen LogP contribution in [0.3, 0.4) is 0 Å². The van der Waals surface area contributed by atoms with Crippen molar-refractivity contribution in [2.45, 2.75) is 9.79 Å². The van der Waals surface area contributed by atoms with Crippen LogP contribution in [-0.2, 0) is 20.0 Å². The van der Waals surface area contributed by atoms with Crippen LogP contribution in [0, 0.1) is 0 Å². The standard InChI is InChI=1S/C17H15BrN2O4S2/c1-20(19-25(21,22)16-10-7-15(18)8-11-16)26(23,24)17-9-6-13-4-2-3-5-14(13)12-17/h2-12,19H,1H3. The average Bonchev–Trinajstić information content (AvgIpc) is 2.61. The van der Waals surface area contributed by atoms with Crippen molar-refractivity contribution in [1.29, 1.82) is 0 Å². The summed E-state index contributed by atoms with van der Waals surface area (Å²) in [6, 6.07) is 17.8. The van der Waals surface area contributed by atoms with E-state index in [-0.39, 0.29) is 9.79 Å². The molecule has 9 heteroatoms. The van der Waals surface area contributed by atoms with Gasteiger partial charge in [-0.2, -0.15) is 0 Å². The van der Waals surface area contributed by atoms with Crippen molar-refractivity contribution in [2.24, 2.45) is 0 Å². The van der Waals surface area contributed by atoms with E-state index in [0.29, 0.717) is 8.89 Å². The van der Waals surface area contributed by atoms with Crippen LogP contribution in [0.1, 0.15) is 0 Å². The number of nitrogens with one attached hydrogen (secondary N) is 1. The maximum Gasteiger partial charge on any atom is 0.256 e. The van der Waals surface area contributed by atoms with Gasteiger partial charge in [-0.25, -0.2) is 16.8 Å². The van der Waals surface area contributed by atoms with E-state index >= 15 is 0 Å². The summed E-state index contributed by atoms with van der Waals surface area (Å²) in [5.41, 5.74) is 0. The van der Waals surface area contributed by atoms with Gasteiger partial charge in [0.05, 0.1) is 9.79 Å². The SMILES string of the molecule is CN(NS(=O)(=O)c1ccc(Br)cc1)S(=O)(=O)c1ccc2ccccc2c1. The van der Waals surface area contributed by atoms with Crippen molar-refractivity contribution in [3.63, 3.8) is 0 Å². The van der Waals surface area contributed by atoms with Crippen molar-refractivity contribution in [1.82, 2.24) is 9.25 Å². The topological polar surface area (TPSA) is 83.6 Å². The fourth-order valence-electron chi connectivity index (χ4n) is 2.37. The summed E-state index contributed by atoms with van der Waals surface area (Å²) in [5, 5.41) is 1.64. The molecule has 0 aliphatic rings. The third-order valence-corrected chi connectivity index (χ3v) is 7.47. The molecule has 0 aliphatic heterocycles. The Kier molecular flexibility index (Phi) is 5.18. The van der Waals surface area contributed by atoms with Crippen LogP contribution >= 0.6 is 15.9 Å². The van der Waals surface area contributed by atoms with Gasteiger partial charge in [0.1, 0.15) is 0 Å². The fraction of sp³-hybridized carbons (Fsp3) is 0.0588. The largest absolute Gasteiger partial charge is 0.256 e. The van der Waals surface area contributed by atoms with Crippen LogP contribution in [-0.4, -0.2) is 28.3 Å². The van der Waals surface area contributed by atoms with Gasteiger partial charge in [-0.3, -0.25) is 0 Å². The van der Waals surface area contributed by atoms with Crippen LogP contribution in [0.4, 0.5) is 0 Å². The first kappa shape index (κ1) is 19.0. The Hall–Kier alpha value is -1.78. The van der Waals surface area contributed by atoms with Crippen molar-refractivity contribution < 1.29 is 16.8 Å². The summed E-state index contributed by atoms with van der Waals surface area (Å²) in [7, 11) is -6.93. The zero-order chi connectivity index (χ0) is 18.9. The Labute approximate surface area is 160 Å². The van der Waals surface area contributed by atoms with Crippen molar-refractivity contribution in [2.75, 3.05) is 7.05 Å². The molecular formula is C17H15BrN2O4S2. The summed E-state index contributed by atoms with van der Waals surface area (Å²) < 4.78 is 51.6. The van der Waals surface area contributed by atoms with E-state index in [1.54, 1.807) is 30.3 Å². The average molecular weight is 455 g/mol. The second-order valence-electron chi connectivity index (χ2n) is 5.53. The van der Waals surface area contributed by atoms with Crippen LogP contribution in [0.2, 0.25) is 0 Å². The summed E-state index contributed by atoms with van der Waals surface area (Å²) in [5.74, 6) is 0. The number of rotatable bonds is 5. The Morgan fingerprint density at radius 2 is 1.38 bits per heavy atom. The molecule has 0 atom stereocenters. The summed E-state index contributed by atoms with van der Waals surface area (Å²) in [6.45, 7) is 0. The zero-order valence-corrected chi connectivity index (χ0v) is 16.8. The molecular weight excluding hydrogens is 440 g/mol. The van der Waals surface area contributed by atoms with Gasteiger partial charge in [0.2, 0.25) is 0 Å². The van der Waals surface area contributed by atoms with Crippen molar-refractivity contribution >= 4 is 46.7 Å². The lowest BCUT2D eigenvalue weighted by Gasteiger charge is -2.18. The smallest absolute Gasteiger partial charge is 0.206 e. The molecule has 0 spiro atoms. The van der Waals surface area contributed by atoms with E-state index in [2.05, 4.69) is 20.8 Å². The normalized spacial score (nSPS) is 12.6. The van der Waals surface area contributed by atoms with E-state index < -0.39 is 20.0 Å². The van der Waals surface area contributed by atoms with Gasteiger partial charge in [0.15, 0.2) is 0 Å². The third-order valence-electron chi connectivity index (χ3n) is 3.75. The molecule has 26 heavy (non-hydrogen) atoms.